The van der Waals surface area contributed by atoms with Gasteiger partial charge in [-0.05, 0) is 78.4 Å². The fourth-order valence-corrected chi connectivity index (χ4v) is 7.29. The van der Waals surface area contributed by atoms with Gasteiger partial charge in [0.05, 0.1) is 18.2 Å². The number of anilines is 1. The van der Waals surface area contributed by atoms with Crippen LogP contribution in [0.1, 0.15) is 55.5 Å². The Balaban J connectivity index is 1.37. The van der Waals surface area contributed by atoms with Gasteiger partial charge < -0.3 is 14.6 Å². The molecule has 3 aromatic carbocycles. The molecule has 6 rings (SSSR count). The molecule has 0 aliphatic carbocycles. The maximum Gasteiger partial charge on any atom is 0.301 e. The van der Waals surface area contributed by atoms with Crippen molar-refractivity contribution in [3.63, 3.8) is 0 Å². The summed E-state index contributed by atoms with van der Waals surface area (Å²) in [4.78, 5) is 28.8. The number of thioether (sulfide) groups is 1. The van der Waals surface area contributed by atoms with E-state index in [9.17, 15) is 14.7 Å². The van der Waals surface area contributed by atoms with Crippen LogP contribution in [0.15, 0.2) is 76.6 Å². The minimum atomic E-state index is -0.941. The predicted molar refractivity (Wildman–Crippen MR) is 177 cm³/mol. The molecule has 1 amide bonds. The summed E-state index contributed by atoms with van der Waals surface area (Å²) < 4.78 is 12.5. The fourth-order valence-electron chi connectivity index (χ4n) is 5.34. The lowest BCUT2D eigenvalue weighted by Crippen LogP contribution is -2.29. The second kappa shape index (κ2) is 13.2. The number of hydrogen-bond donors (Lipinski definition) is 1. The number of carbonyl (C=O) groups is 2. The minimum Gasteiger partial charge on any atom is -0.507 e. The molecule has 0 saturated carbocycles. The van der Waals surface area contributed by atoms with E-state index in [2.05, 4.69) is 24.0 Å². The van der Waals surface area contributed by atoms with E-state index in [-0.39, 0.29) is 22.6 Å². The van der Waals surface area contributed by atoms with Crippen LogP contribution in [0, 0.1) is 5.92 Å². The highest BCUT2D eigenvalue weighted by Gasteiger charge is 2.48. The molecule has 1 N–H and O–H groups in total. The summed E-state index contributed by atoms with van der Waals surface area (Å²) in [7, 11) is 0. The van der Waals surface area contributed by atoms with Crippen molar-refractivity contribution in [2.75, 3.05) is 11.5 Å². The van der Waals surface area contributed by atoms with E-state index in [0.717, 1.165) is 23.3 Å². The highest BCUT2D eigenvalue weighted by molar-refractivity contribution is 8.00. The number of benzene rings is 3. The standard InChI is InChI=1S/C34H32ClN3O5S2/c1-19(2)13-14-42-26-6-4-5-22(17-26)29-28(30(39)23-9-12-27-24(16-23)15-20(3)43-27)31(40)32(41)38(29)33-36-37-34(45-33)44-18-21-7-10-25(35)11-8-21/h4-12,16-17,19-20,29,39H,13-15,18H2,1-3H3/t20-,29+/m1/s1. The van der Waals surface area contributed by atoms with Crippen LogP contribution >= 0.6 is 34.7 Å². The maximum absolute atomic E-state index is 13.7. The lowest BCUT2D eigenvalue weighted by atomic mass is 9.94. The third kappa shape index (κ3) is 6.73. The molecule has 2 aliphatic rings. The Labute approximate surface area is 275 Å². The molecule has 8 nitrogen and oxygen atoms in total. The van der Waals surface area contributed by atoms with Gasteiger partial charge in [-0.2, -0.15) is 0 Å². The van der Waals surface area contributed by atoms with Crippen molar-refractivity contribution in [3.05, 3.63) is 99.6 Å². The Hall–Kier alpha value is -3.86. The number of hydrogen-bond acceptors (Lipinski definition) is 9. The fraction of sp³-hybridized carbons (Fsp3) is 0.294. The van der Waals surface area contributed by atoms with E-state index in [1.807, 2.05) is 61.5 Å². The zero-order valence-electron chi connectivity index (χ0n) is 25.0. The highest BCUT2D eigenvalue weighted by Crippen LogP contribution is 2.45. The maximum atomic E-state index is 13.7. The Kier molecular flexibility index (Phi) is 9.16. The lowest BCUT2D eigenvalue weighted by molar-refractivity contribution is -0.132. The average Bonchev–Trinajstić information content (AvgIpc) is 3.71. The number of rotatable bonds is 10. The highest BCUT2D eigenvalue weighted by atomic mass is 35.5. The van der Waals surface area contributed by atoms with E-state index in [1.165, 1.54) is 28.0 Å². The first-order chi connectivity index (χ1) is 21.7. The number of ketones is 1. The van der Waals surface area contributed by atoms with Gasteiger partial charge in [0.15, 0.2) is 4.34 Å². The second-order valence-corrected chi connectivity index (χ2v) is 14.1. The Bertz CT molecular complexity index is 1770. The quantitative estimate of drug-likeness (QED) is 0.0603. The molecule has 1 fully saturated rings. The van der Waals surface area contributed by atoms with E-state index < -0.39 is 17.7 Å². The Morgan fingerprint density at radius 3 is 2.71 bits per heavy atom. The lowest BCUT2D eigenvalue weighted by Gasteiger charge is -2.23. The van der Waals surface area contributed by atoms with Gasteiger partial charge in [0.2, 0.25) is 5.13 Å². The van der Waals surface area contributed by atoms with Gasteiger partial charge in [0, 0.05) is 22.8 Å². The number of nitrogens with zero attached hydrogens (tertiary/aromatic N) is 3. The molecule has 2 aliphatic heterocycles. The Morgan fingerprint density at radius 1 is 1.13 bits per heavy atom. The monoisotopic (exact) mass is 661 g/mol. The van der Waals surface area contributed by atoms with Crippen LogP contribution in [0.3, 0.4) is 0 Å². The number of fused-ring (bicyclic) bond motifs is 1. The minimum absolute atomic E-state index is 0.0168. The molecule has 232 valence electrons. The molecule has 0 spiro atoms. The van der Waals surface area contributed by atoms with Crippen molar-refractivity contribution >= 4 is 57.3 Å². The largest absolute Gasteiger partial charge is 0.507 e. The molecule has 11 heteroatoms. The number of Topliss-reactive ketones (excluding diaryl/α,β-unsaturated/α-hetero) is 1. The van der Waals surface area contributed by atoms with Crippen molar-refractivity contribution < 1.29 is 24.2 Å². The SMILES string of the molecule is CC(C)CCOc1cccc([C@H]2C(=C(O)c3ccc4c(c3)C[C@@H](C)O4)C(=O)C(=O)N2c2nnc(SCc3ccc(Cl)cc3)s2)c1. The van der Waals surface area contributed by atoms with Gasteiger partial charge in [0.25, 0.3) is 5.78 Å². The van der Waals surface area contributed by atoms with Crippen LogP contribution in [0.2, 0.25) is 5.02 Å². The summed E-state index contributed by atoms with van der Waals surface area (Å²) in [6.45, 7) is 6.76. The third-order valence-corrected chi connectivity index (χ3v) is 10.0. The number of halogens is 1. The van der Waals surface area contributed by atoms with Crippen molar-refractivity contribution in [2.45, 2.75) is 55.9 Å². The first kappa shape index (κ1) is 31.1. The topological polar surface area (TPSA) is 102 Å². The zero-order valence-corrected chi connectivity index (χ0v) is 27.4. The molecule has 45 heavy (non-hydrogen) atoms. The first-order valence-corrected chi connectivity index (χ1v) is 16.9. The molecule has 2 atom stereocenters. The third-order valence-electron chi connectivity index (χ3n) is 7.63. The van der Waals surface area contributed by atoms with Crippen LogP contribution in [-0.2, 0) is 21.8 Å². The number of aliphatic hydroxyl groups excluding tert-OH is 1. The molecule has 0 bridgehead atoms. The van der Waals surface area contributed by atoms with Gasteiger partial charge in [0.1, 0.15) is 23.4 Å². The number of aliphatic hydroxyl groups is 1. The van der Waals surface area contributed by atoms with Crippen molar-refractivity contribution in [3.8, 4) is 11.5 Å². The smallest absolute Gasteiger partial charge is 0.301 e. The van der Waals surface area contributed by atoms with Gasteiger partial charge >= 0.3 is 5.91 Å². The average molecular weight is 662 g/mol. The second-order valence-electron chi connectivity index (χ2n) is 11.5. The summed E-state index contributed by atoms with van der Waals surface area (Å²) in [6.07, 6.45) is 1.58. The van der Waals surface area contributed by atoms with Crippen LogP contribution in [0.5, 0.6) is 11.5 Å². The molecule has 0 unspecified atom stereocenters. The van der Waals surface area contributed by atoms with Gasteiger partial charge in [-0.3, -0.25) is 14.5 Å². The van der Waals surface area contributed by atoms with Crippen molar-refractivity contribution in [2.24, 2.45) is 5.92 Å². The summed E-state index contributed by atoms with van der Waals surface area (Å²) in [5, 5.41) is 21.2. The van der Waals surface area contributed by atoms with Crippen molar-refractivity contribution in [1.82, 2.24) is 10.2 Å². The number of amides is 1. The molecule has 3 heterocycles. The molecular weight excluding hydrogens is 630 g/mol. The van der Waals surface area contributed by atoms with Gasteiger partial charge in [-0.15, -0.1) is 10.2 Å². The summed E-state index contributed by atoms with van der Waals surface area (Å²) >= 11 is 8.71. The summed E-state index contributed by atoms with van der Waals surface area (Å²) in [5.41, 5.74) is 3.03. The van der Waals surface area contributed by atoms with Crippen LogP contribution in [0.25, 0.3) is 5.76 Å². The Morgan fingerprint density at radius 2 is 1.93 bits per heavy atom. The molecule has 4 aromatic rings. The zero-order chi connectivity index (χ0) is 31.7. The van der Waals surface area contributed by atoms with E-state index in [1.54, 1.807) is 12.1 Å². The van der Waals surface area contributed by atoms with E-state index >= 15 is 0 Å². The molecule has 1 aromatic heterocycles. The van der Waals surface area contributed by atoms with Gasteiger partial charge in [-0.25, -0.2) is 0 Å². The van der Waals surface area contributed by atoms with E-state index in [0.29, 0.717) is 50.9 Å². The number of ether oxygens (including phenoxy) is 2. The number of aromatic nitrogens is 2. The summed E-state index contributed by atoms with van der Waals surface area (Å²) in [6, 6.07) is 19.2. The van der Waals surface area contributed by atoms with Crippen LogP contribution in [-0.4, -0.2) is 39.7 Å². The van der Waals surface area contributed by atoms with Crippen LogP contribution < -0.4 is 14.4 Å². The number of carbonyl (C=O) groups excluding carboxylic acids is 2. The van der Waals surface area contributed by atoms with E-state index in [4.69, 9.17) is 21.1 Å². The predicted octanol–water partition coefficient (Wildman–Crippen LogP) is 7.86. The van der Waals surface area contributed by atoms with Gasteiger partial charge in [-0.1, -0.05) is 72.8 Å². The van der Waals surface area contributed by atoms with Crippen LogP contribution in [0.4, 0.5) is 5.13 Å². The molecular formula is C34H32ClN3O5S2. The van der Waals surface area contributed by atoms with Crippen molar-refractivity contribution in [1.29, 1.82) is 0 Å². The normalized spacial score (nSPS) is 18.8. The molecule has 1 saturated heterocycles. The molecule has 0 radical (unpaired) electrons. The summed E-state index contributed by atoms with van der Waals surface area (Å²) in [5.74, 6) is 0.639. The first-order valence-electron chi connectivity index (χ1n) is 14.7.